The quantitative estimate of drug-likeness (QED) is 0.765. The van der Waals surface area contributed by atoms with E-state index in [2.05, 4.69) is 15.6 Å². The first-order chi connectivity index (χ1) is 8.81. The lowest BCUT2D eigenvalue weighted by molar-refractivity contribution is 0.655. The van der Waals surface area contributed by atoms with Crippen molar-refractivity contribution in [2.45, 2.75) is 32.6 Å². The van der Waals surface area contributed by atoms with Crippen LogP contribution in [0.3, 0.4) is 0 Å². The number of nitriles is 1. The summed E-state index contributed by atoms with van der Waals surface area (Å²) in [6.07, 6.45) is 6.44. The van der Waals surface area contributed by atoms with Gasteiger partial charge in [0.05, 0.1) is 23.3 Å². The topological polar surface area (TPSA) is 41.6 Å². The maximum Gasteiger partial charge on any atom is 0.101 e. The molecule has 0 saturated heterocycles. The van der Waals surface area contributed by atoms with Gasteiger partial charge in [0.15, 0.2) is 0 Å². The van der Waals surface area contributed by atoms with Gasteiger partial charge in [0, 0.05) is 5.69 Å². The molecule has 0 aliphatic heterocycles. The summed E-state index contributed by atoms with van der Waals surface area (Å²) in [5.74, 6) is 0. The molecule has 0 amide bonds. The zero-order valence-corrected chi connectivity index (χ0v) is 10.5. The molecule has 1 aromatic carbocycles. The van der Waals surface area contributed by atoms with E-state index >= 15 is 0 Å². The lowest BCUT2D eigenvalue weighted by Crippen LogP contribution is -2.09. The number of rotatable bonds is 1. The van der Waals surface area contributed by atoms with Crippen molar-refractivity contribution in [3.05, 3.63) is 47.0 Å². The normalized spacial score (nSPS) is 14.0. The maximum atomic E-state index is 9.26. The van der Waals surface area contributed by atoms with Crippen LogP contribution in [0.4, 0.5) is 0 Å². The minimum Gasteiger partial charge on any atom is -0.301 e. The molecular formula is C15H15N3. The van der Waals surface area contributed by atoms with Crippen LogP contribution in [-0.2, 0) is 12.8 Å². The van der Waals surface area contributed by atoms with E-state index in [0.717, 1.165) is 29.7 Å². The van der Waals surface area contributed by atoms with Gasteiger partial charge < -0.3 is 4.57 Å². The largest absolute Gasteiger partial charge is 0.301 e. The second kappa shape index (κ2) is 4.30. The summed E-state index contributed by atoms with van der Waals surface area (Å²) in [7, 11) is 0. The predicted molar refractivity (Wildman–Crippen MR) is 69.7 cm³/mol. The number of benzene rings is 1. The van der Waals surface area contributed by atoms with E-state index in [1.165, 1.54) is 24.2 Å². The molecule has 1 aliphatic carbocycles. The number of aryl methyl sites for hydroxylation is 2. The van der Waals surface area contributed by atoms with E-state index in [9.17, 15) is 5.26 Å². The fourth-order valence-corrected chi connectivity index (χ4v) is 2.73. The molecule has 1 heterocycles. The molecule has 1 aliphatic rings. The summed E-state index contributed by atoms with van der Waals surface area (Å²) >= 11 is 0. The standard InChI is InChI=1S/C15H15N3/c1-11-5-4-6-12(9-16)15(11)18-10-17-13-7-2-3-8-14(13)18/h4-6,10H,2-3,7-8H2,1H3. The summed E-state index contributed by atoms with van der Waals surface area (Å²) in [5, 5.41) is 9.26. The zero-order valence-electron chi connectivity index (χ0n) is 10.5. The highest BCUT2D eigenvalue weighted by atomic mass is 15.1. The number of fused-ring (bicyclic) bond motifs is 1. The Morgan fingerprint density at radius 2 is 2.11 bits per heavy atom. The molecule has 1 aromatic heterocycles. The summed E-state index contributed by atoms with van der Waals surface area (Å²) in [6.45, 7) is 2.05. The van der Waals surface area contributed by atoms with Crippen molar-refractivity contribution in [2.24, 2.45) is 0 Å². The van der Waals surface area contributed by atoms with Crippen molar-refractivity contribution in [1.29, 1.82) is 5.26 Å². The Balaban J connectivity index is 2.22. The Morgan fingerprint density at radius 1 is 1.28 bits per heavy atom. The molecule has 3 nitrogen and oxygen atoms in total. The van der Waals surface area contributed by atoms with Gasteiger partial charge in [0.25, 0.3) is 0 Å². The van der Waals surface area contributed by atoms with Crippen LogP contribution in [0.5, 0.6) is 0 Å². The minimum absolute atomic E-state index is 0.723. The molecule has 0 unspecified atom stereocenters. The Hall–Kier alpha value is -2.08. The third-order valence-electron chi connectivity index (χ3n) is 3.63. The zero-order chi connectivity index (χ0) is 12.5. The first-order valence-electron chi connectivity index (χ1n) is 6.36. The van der Waals surface area contributed by atoms with Gasteiger partial charge in [-0.15, -0.1) is 0 Å². The molecule has 0 N–H and O–H groups in total. The molecule has 3 rings (SSSR count). The Kier molecular flexibility index (Phi) is 2.64. The van der Waals surface area contributed by atoms with E-state index in [4.69, 9.17) is 0 Å². The number of hydrogen-bond acceptors (Lipinski definition) is 2. The third kappa shape index (κ3) is 1.62. The molecule has 0 radical (unpaired) electrons. The lowest BCUT2D eigenvalue weighted by Gasteiger charge is -2.16. The first-order valence-corrected chi connectivity index (χ1v) is 6.36. The van der Waals surface area contributed by atoms with Crippen LogP contribution in [-0.4, -0.2) is 9.55 Å². The maximum absolute atomic E-state index is 9.26. The van der Waals surface area contributed by atoms with Crippen molar-refractivity contribution in [2.75, 3.05) is 0 Å². The monoisotopic (exact) mass is 237 g/mol. The van der Waals surface area contributed by atoms with Gasteiger partial charge in [-0.1, -0.05) is 12.1 Å². The molecule has 3 heteroatoms. The third-order valence-corrected chi connectivity index (χ3v) is 3.63. The van der Waals surface area contributed by atoms with Gasteiger partial charge in [0.2, 0.25) is 0 Å². The molecule has 0 saturated carbocycles. The van der Waals surface area contributed by atoms with Crippen LogP contribution in [0.25, 0.3) is 5.69 Å². The second-order valence-corrected chi connectivity index (χ2v) is 4.80. The van der Waals surface area contributed by atoms with Crippen LogP contribution in [0.15, 0.2) is 24.5 Å². The Labute approximate surface area is 107 Å². The van der Waals surface area contributed by atoms with Gasteiger partial charge in [-0.25, -0.2) is 4.98 Å². The van der Waals surface area contributed by atoms with Crippen LogP contribution < -0.4 is 0 Å². The molecular weight excluding hydrogens is 222 g/mol. The highest BCUT2D eigenvalue weighted by Gasteiger charge is 2.18. The van der Waals surface area contributed by atoms with Gasteiger partial charge in [-0.2, -0.15) is 5.26 Å². The van der Waals surface area contributed by atoms with Gasteiger partial charge in [-0.05, 0) is 44.2 Å². The van der Waals surface area contributed by atoms with Gasteiger partial charge >= 0.3 is 0 Å². The molecule has 0 atom stereocenters. The first kappa shape index (κ1) is 11.0. The van der Waals surface area contributed by atoms with Crippen molar-refractivity contribution < 1.29 is 0 Å². The second-order valence-electron chi connectivity index (χ2n) is 4.80. The lowest BCUT2D eigenvalue weighted by atomic mass is 10.0. The summed E-state index contributed by atoms with van der Waals surface area (Å²) in [6, 6.07) is 8.13. The van der Waals surface area contributed by atoms with E-state index < -0.39 is 0 Å². The van der Waals surface area contributed by atoms with E-state index in [1.54, 1.807) is 0 Å². The van der Waals surface area contributed by atoms with Crippen LogP contribution in [0.2, 0.25) is 0 Å². The fourth-order valence-electron chi connectivity index (χ4n) is 2.73. The van der Waals surface area contributed by atoms with Gasteiger partial charge in [0.1, 0.15) is 6.07 Å². The summed E-state index contributed by atoms with van der Waals surface area (Å²) in [5.41, 5.74) is 5.33. The highest BCUT2D eigenvalue weighted by Crippen LogP contribution is 2.26. The van der Waals surface area contributed by atoms with Crippen LogP contribution in [0.1, 0.15) is 35.4 Å². The average Bonchev–Trinajstić information content (AvgIpc) is 2.82. The Morgan fingerprint density at radius 3 is 2.94 bits per heavy atom. The van der Waals surface area contributed by atoms with Crippen LogP contribution in [0, 0.1) is 18.3 Å². The summed E-state index contributed by atoms with van der Waals surface area (Å²) in [4.78, 5) is 4.50. The molecule has 0 spiro atoms. The number of nitrogens with zero attached hydrogens (tertiary/aromatic N) is 3. The predicted octanol–water partition coefficient (Wildman–Crippen LogP) is 2.93. The van der Waals surface area contributed by atoms with Crippen molar-refractivity contribution >= 4 is 0 Å². The Bertz CT molecular complexity index is 632. The van der Waals surface area contributed by atoms with Gasteiger partial charge in [-0.3, -0.25) is 0 Å². The SMILES string of the molecule is Cc1cccc(C#N)c1-n1cnc2c1CCCC2. The van der Waals surface area contributed by atoms with Crippen molar-refractivity contribution in [1.82, 2.24) is 9.55 Å². The van der Waals surface area contributed by atoms with Crippen molar-refractivity contribution in [3.63, 3.8) is 0 Å². The smallest absolute Gasteiger partial charge is 0.101 e. The summed E-state index contributed by atoms with van der Waals surface area (Å²) < 4.78 is 2.11. The molecule has 2 aromatic rings. The fraction of sp³-hybridized carbons (Fsp3) is 0.333. The number of hydrogen-bond donors (Lipinski definition) is 0. The van der Waals surface area contributed by atoms with E-state index in [-0.39, 0.29) is 0 Å². The van der Waals surface area contributed by atoms with E-state index in [1.807, 2.05) is 31.5 Å². The molecule has 0 fully saturated rings. The molecule has 0 bridgehead atoms. The number of aromatic nitrogens is 2. The van der Waals surface area contributed by atoms with Crippen LogP contribution >= 0.6 is 0 Å². The molecule has 90 valence electrons. The van der Waals surface area contributed by atoms with E-state index in [0.29, 0.717) is 0 Å². The minimum atomic E-state index is 0.723. The number of imidazole rings is 1. The highest BCUT2D eigenvalue weighted by molar-refractivity contribution is 5.54. The molecule has 18 heavy (non-hydrogen) atoms. The number of para-hydroxylation sites is 1. The average molecular weight is 237 g/mol. The van der Waals surface area contributed by atoms with Crippen molar-refractivity contribution in [3.8, 4) is 11.8 Å².